The van der Waals surface area contributed by atoms with Gasteiger partial charge in [-0.2, -0.15) is 5.10 Å². The van der Waals surface area contributed by atoms with Crippen LogP contribution in [0.5, 0.6) is 0 Å². The van der Waals surface area contributed by atoms with Crippen LogP contribution in [0.3, 0.4) is 0 Å². The standard InChI is InChI=1S/C22H24ClN3O3S/c1-14-18-11-19(30-21(18)26(25-14)17-9-7-16(23)8-10-17)22(28)29-13-20(27)24-12-15-5-3-2-4-6-15/h7-11,15H,2-6,12-13H2,1H3,(H,24,27). The van der Waals surface area contributed by atoms with E-state index < -0.39 is 5.97 Å². The van der Waals surface area contributed by atoms with E-state index in [-0.39, 0.29) is 12.5 Å². The predicted molar refractivity (Wildman–Crippen MR) is 119 cm³/mol. The fourth-order valence-corrected chi connectivity index (χ4v) is 5.01. The predicted octanol–water partition coefficient (Wildman–Crippen LogP) is 4.90. The molecule has 8 heteroatoms. The Balaban J connectivity index is 1.39. The molecule has 30 heavy (non-hydrogen) atoms. The highest BCUT2D eigenvalue weighted by Gasteiger charge is 2.19. The molecule has 0 spiro atoms. The minimum Gasteiger partial charge on any atom is -0.451 e. The van der Waals surface area contributed by atoms with Crippen molar-refractivity contribution < 1.29 is 14.3 Å². The first-order chi connectivity index (χ1) is 14.5. The van der Waals surface area contributed by atoms with E-state index in [9.17, 15) is 9.59 Å². The van der Waals surface area contributed by atoms with Gasteiger partial charge in [0.25, 0.3) is 5.91 Å². The van der Waals surface area contributed by atoms with Crippen molar-refractivity contribution in [1.29, 1.82) is 0 Å². The Labute approximate surface area is 184 Å². The van der Waals surface area contributed by atoms with Crippen molar-refractivity contribution in [2.45, 2.75) is 39.0 Å². The minimum atomic E-state index is -0.494. The second-order valence-electron chi connectivity index (χ2n) is 7.69. The van der Waals surface area contributed by atoms with Crippen LogP contribution in [-0.2, 0) is 9.53 Å². The zero-order chi connectivity index (χ0) is 21.1. The van der Waals surface area contributed by atoms with Crippen LogP contribution in [0.25, 0.3) is 15.9 Å². The van der Waals surface area contributed by atoms with E-state index >= 15 is 0 Å². The number of halogens is 1. The molecule has 1 aromatic carbocycles. The number of nitrogens with one attached hydrogen (secondary N) is 1. The number of carbonyl (C=O) groups excluding carboxylic acids is 2. The van der Waals surface area contributed by atoms with Gasteiger partial charge in [-0.25, -0.2) is 9.48 Å². The van der Waals surface area contributed by atoms with Crippen LogP contribution in [0.1, 0.15) is 47.5 Å². The molecule has 0 bridgehead atoms. The van der Waals surface area contributed by atoms with E-state index in [1.54, 1.807) is 22.9 Å². The number of carbonyl (C=O) groups is 2. The molecule has 2 heterocycles. The van der Waals surface area contributed by atoms with Gasteiger partial charge in [0.1, 0.15) is 9.71 Å². The summed E-state index contributed by atoms with van der Waals surface area (Å²) in [7, 11) is 0. The number of aryl methyl sites for hydroxylation is 1. The number of nitrogens with zero attached hydrogens (tertiary/aromatic N) is 2. The van der Waals surface area contributed by atoms with Crippen molar-refractivity contribution in [3.8, 4) is 5.69 Å². The number of amides is 1. The third-order valence-electron chi connectivity index (χ3n) is 5.46. The molecule has 0 saturated heterocycles. The van der Waals surface area contributed by atoms with E-state index in [0.717, 1.165) is 34.4 Å². The maximum Gasteiger partial charge on any atom is 0.348 e. The maximum atomic E-state index is 12.5. The Bertz CT molecular complexity index is 1050. The smallest absolute Gasteiger partial charge is 0.348 e. The first-order valence-corrected chi connectivity index (χ1v) is 11.4. The van der Waals surface area contributed by atoms with E-state index in [2.05, 4.69) is 10.4 Å². The summed E-state index contributed by atoms with van der Waals surface area (Å²) in [5.41, 5.74) is 1.68. The van der Waals surface area contributed by atoms with Gasteiger partial charge < -0.3 is 10.1 Å². The zero-order valence-electron chi connectivity index (χ0n) is 16.8. The van der Waals surface area contributed by atoms with Crippen LogP contribution >= 0.6 is 22.9 Å². The van der Waals surface area contributed by atoms with Gasteiger partial charge in [-0.05, 0) is 56.0 Å². The summed E-state index contributed by atoms with van der Waals surface area (Å²) in [4.78, 5) is 25.8. The van der Waals surface area contributed by atoms with Gasteiger partial charge >= 0.3 is 5.97 Å². The van der Waals surface area contributed by atoms with Crippen molar-refractivity contribution in [1.82, 2.24) is 15.1 Å². The van der Waals surface area contributed by atoms with Crippen LogP contribution in [0.15, 0.2) is 30.3 Å². The lowest BCUT2D eigenvalue weighted by Crippen LogP contribution is -2.33. The molecule has 4 rings (SSSR count). The Morgan fingerprint density at radius 1 is 1.23 bits per heavy atom. The molecule has 1 N–H and O–H groups in total. The van der Waals surface area contributed by atoms with Crippen LogP contribution in [0.4, 0.5) is 0 Å². The summed E-state index contributed by atoms with van der Waals surface area (Å²) in [6.45, 7) is 2.30. The normalized spacial score (nSPS) is 14.7. The second kappa shape index (κ2) is 9.18. The maximum absolute atomic E-state index is 12.5. The Morgan fingerprint density at radius 3 is 2.70 bits per heavy atom. The molecular formula is C22H24ClN3O3S. The van der Waals surface area contributed by atoms with Gasteiger partial charge in [-0.3, -0.25) is 4.79 Å². The van der Waals surface area contributed by atoms with E-state index in [4.69, 9.17) is 16.3 Å². The Hall–Kier alpha value is -2.38. The van der Waals surface area contributed by atoms with Crippen molar-refractivity contribution in [2.24, 2.45) is 5.92 Å². The van der Waals surface area contributed by atoms with Crippen molar-refractivity contribution in [2.75, 3.05) is 13.2 Å². The summed E-state index contributed by atoms with van der Waals surface area (Å²) in [6, 6.07) is 9.13. The third-order valence-corrected chi connectivity index (χ3v) is 6.81. The highest BCUT2D eigenvalue weighted by Crippen LogP contribution is 2.31. The van der Waals surface area contributed by atoms with Crippen molar-refractivity contribution >= 4 is 45.0 Å². The van der Waals surface area contributed by atoms with Crippen LogP contribution in [-0.4, -0.2) is 34.8 Å². The third kappa shape index (κ3) is 4.68. The monoisotopic (exact) mass is 445 g/mol. The molecule has 1 aliphatic carbocycles. The molecular weight excluding hydrogens is 422 g/mol. The fourth-order valence-electron chi connectivity index (χ4n) is 3.81. The first kappa shape index (κ1) is 20.9. The Kier molecular flexibility index (Phi) is 6.39. The quantitative estimate of drug-likeness (QED) is 0.547. The molecule has 0 radical (unpaired) electrons. The Morgan fingerprint density at radius 2 is 1.97 bits per heavy atom. The summed E-state index contributed by atoms with van der Waals surface area (Å²) in [5, 5.41) is 8.99. The fraction of sp³-hybridized carbons (Fsp3) is 0.409. The van der Waals surface area contributed by atoms with Gasteiger partial charge in [0.05, 0.1) is 11.4 Å². The average Bonchev–Trinajstić information content (AvgIpc) is 3.33. The molecule has 1 fully saturated rings. The molecule has 1 saturated carbocycles. The van der Waals surface area contributed by atoms with Crippen LogP contribution in [0.2, 0.25) is 5.02 Å². The summed E-state index contributed by atoms with van der Waals surface area (Å²) >= 11 is 7.27. The molecule has 1 aliphatic rings. The number of thiophene rings is 1. The molecule has 6 nitrogen and oxygen atoms in total. The molecule has 2 aromatic heterocycles. The molecule has 0 atom stereocenters. The summed E-state index contributed by atoms with van der Waals surface area (Å²) < 4.78 is 7.03. The molecule has 158 valence electrons. The number of hydrogen-bond acceptors (Lipinski definition) is 5. The van der Waals surface area contributed by atoms with Crippen molar-refractivity contribution in [3.63, 3.8) is 0 Å². The number of hydrogen-bond donors (Lipinski definition) is 1. The lowest BCUT2D eigenvalue weighted by molar-refractivity contribution is -0.124. The number of benzene rings is 1. The van der Waals surface area contributed by atoms with Gasteiger partial charge in [0.2, 0.25) is 0 Å². The molecule has 0 aliphatic heterocycles. The second-order valence-corrected chi connectivity index (χ2v) is 9.15. The van der Waals surface area contributed by atoms with Crippen molar-refractivity contribution in [3.05, 3.63) is 45.9 Å². The van der Waals surface area contributed by atoms with E-state index in [1.807, 2.05) is 19.1 Å². The van der Waals surface area contributed by atoms with E-state index in [0.29, 0.717) is 22.4 Å². The van der Waals surface area contributed by atoms with Crippen LogP contribution < -0.4 is 5.32 Å². The van der Waals surface area contributed by atoms with Crippen LogP contribution in [0, 0.1) is 12.8 Å². The number of ether oxygens (including phenoxy) is 1. The lowest BCUT2D eigenvalue weighted by Gasteiger charge is -2.21. The average molecular weight is 446 g/mol. The molecule has 1 amide bonds. The van der Waals surface area contributed by atoms with Gasteiger partial charge in [-0.1, -0.05) is 30.9 Å². The summed E-state index contributed by atoms with van der Waals surface area (Å²) in [6.07, 6.45) is 6.06. The number of aromatic nitrogens is 2. The largest absolute Gasteiger partial charge is 0.451 e. The highest BCUT2D eigenvalue weighted by molar-refractivity contribution is 7.20. The number of fused-ring (bicyclic) bond motifs is 1. The van der Waals surface area contributed by atoms with Gasteiger partial charge in [0, 0.05) is 17.0 Å². The SMILES string of the molecule is Cc1nn(-c2ccc(Cl)cc2)c2sc(C(=O)OCC(=O)NCC3CCCCC3)cc12. The molecule has 0 unspecified atom stereocenters. The summed E-state index contributed by atoms with van der Waals surface area (Å²) in [5.74, 6) is -0.204. The van der Waals surface area contributed by atoms with Gasteiger partial charge in [-0.15, -0.1) is 11.3 Å². The van der Waals surface area contributed by atoms with Gasteiger partial charge in [0.15, 0.2) is 6.61 Å². The highest BCUT2D eigenvalue weighted by atomic mass is 35.5. The first-order valence-electron chi connectivity index (χ1n) is 10.2. The minimum absolute atomic E-state index is 0.251. The zero-order valence-corrected chi connectivity index (χ0v) is 18.4. The lowest BCUT2D eigenvalue weighted by atomic mass is 9.89. The van der Waals surface area contributed by atoms with E-state index in [1.165, 1.54) is 30.6 Å². The number of rotatable bonds is 6. The molecule has 3 aromatic rings. The topological polar surface area (TPSA) is 73.2 Å². The number of esters is 1.